The highest BCUT2D eigenvalue weighted by Crippen LogP contribution is 2.29. The van der Waals surface area contributed by atoms with E-state index in [9.17, 15) is 4.79 Å². The number of urea groups is 1. The van der Waals surface area contributed by atoms with Gasteiger partial charge >= 0.3 is 6.03 Å². The van der Waals surface area contributed by atoms with E-state index in [0.717, 1.165) is 0 Å². The first kappa shape index (κ1) is 18.1. The summed E-state index contributed by atoms with van der Waals surface area (Å²) in [6, 6.07) is 4.97. The van der Waals surface area contributed by atoms with E-state index in [-0.39, 0.29) is 6.03 Å². The Hall–Kier alpha value is -1.99. The maximum absolute atomic E-state index is 12.4. The van der Waals surface area contributed by atoms with Gasteiger partial charge in [-0.05, 0) is 12.1 Å². The van der Waals surface area contributed by atoms with Crippen LogP contribution in [0.3, 0.4) is 0 Å². The molecule has 0 aliphatic carbocycles. The van der Waals surface area contributed by atoms with E-state index in [4.69, 9.17) is 18.9 Å². The fourth-order valence-corrected chi connectivity index (χ4v) is 1.82. The third kappa shape index (κ3) is 5.42. The molecule has 0 radical (unpaired) electrons. The molecule has 0 bridgehead atoms. The van der Waals surface area contributed by atoms with E-state index in [1.807, 2.05) is 0 Å². The van der Waals surface area contributed by atoms with Crippen molar-refractivity contribution in [2.75, 3.05) is 60.1 Å². The van der Waals surface area contributed by atoms with E-state index < -0.39 is 0 Å². The Morgan fingerprint density at radius 2 is 1.68 bits per heavy atom. The Balaban J connectivity index is 2.82. The van der Waals surface area contributed by atoms with Gasteiger partial charge in [0.2, 0.25) is 0 Å². The summed E-state index contributed by atoms with van der Waals surface area (Å²) in [5, 5.41) is 2.82. The summed E-state index contributed by atoms with van der Waals surface area (Å²) >= 11 is 0. The molecule has 0 spiro atoms. The lowest BCUT2D eigenvalue weighted by Gasteiger charge is -2.23. The quantitative estimate of drug-likeness (QED) is 0.753. The van der Waals surface area contributed by atoms with Gasteiger partial charge in [0.05, 0.1) is 33.1 Å². The van der Waals surface area contributed by atoms with E-state index in [0.29, 0.717) is 43.5 Å². The Morgan fingerprint density at radius 1 is 1.05 bits per heavy atom. The predicted molar refractivity (Wildman–Crippen MR) is 83.9 cm³/mol. The molecule has 7 nitrogen and oxygen atoms in total. The fourth-order valence-electron chi connectivity index (χ4n) is 1.82. The molecule has 1 aromatic carbocycles. The van der Waals surface area contributed by atoms with Crippen LogP contribution in [-0.4, -0.2) is 65.7 Å². The van der Waals surface area contributed by atoms with Gasteiger partial charge in [-0.1, -0.05) is 0 Å². The van der Waals surface area contributed by atoms with Crippen molar-refractivity contribution in [1.82, 2.24) is 4.90 Å². The summed E-state index contributed by atoms with van der Waals surface area (Å²) in [5.74, 6) is 1.20. The van der Waals surface area contributed by atoms with Crippen molar-refractivity contribution in [3.63, 3.8) is 0 Å². The van der Waals surface area contributed by atoms with E-state index >= 15 is 0 Å². The fraction of sp³-hybridized carbons (Fsp3) is 0.533. The standard InChI is InChI=1S/C15H24N2O5/c1-19-9-7-17(8-10-20-2)15(18)16-13-11-12(21-3)5-6-14(13)22-4/h5-6,11H,7-10H2,1-4H3,(H,16,18). The first-order valence-electron chi connectivity index (χ1n) is 6.92. The largest absolute Gasteiger partial charge is 0.497 e. The number of carbonyl (C=O) groups is 1. The van der Waals surface area contributed by atoms with Crippen LogP contribution >= 0.6 is 0 Å². The van der Waals surface area contributed by atoms with E-state index in [1.54, 1.807) is 51.5 Å². The third-order valence-electron chi connectivity index (χ3n) is 3.07. The Kier molecular flexibility index (Phi) is 8.09. The molecular weight excluding hydrogens is 288 g/mol. The molecule has 0 atom stereocenters. The lowest BCUT2D eigenvalue weighted by atomic mass is 10.2. The number of methoxy groups -OCH3 is 4. The molecule has 0 unspecified atom stereocenters. The molecule has 0 saturated carbocycles. The van der Waals surface area contributed by atoms with Crippen LogP contribution in [0.25, 0.3) is 0 Å². The molecule has 22 heavy (non-hydrogen) atoms. The van der Waals surface area contributed by atoms with Gasteiger partial charge in [0.15, 0.2) is 0 Å². The summed E-state index contributed by atoms with van der Waals surface area (Å²) in [4.78, 5) is 14.0. The number of benzene rings is 1. The van der Waals surface area contributed by atoms with E-state index in [1.165, 1.54) is 0 Å². The van der Waals surface area contributed by atoms with Crippen LogP contribution in [-0.2, 0) is 9.47 Å². The first-order chi connectivity index (χ1) is 10.7. The molecule has 0 aliphatic rings. The maximum Gasteiger partial charge on any atom is 0.322 e. The highest BCUT2D eigenvalue weighted by Gasteiger charge is 2.15. The van der Waals surface area contributed by atoms with Crippen molar-refractivity contribution < 1.29 is 23.7 Å². The van der Waals surface area contributed by atoms with Crippen molar-refractivity contribution in [3.8, 4) is 11.5 Å². The van der Waals surface area contributed by atoms with Crippen LogP contribution in [0, 0.1) is 0 Å². The summed E-state index contributed by atoms with van der Waals surface area (Å²) in [5.41, 5.74) is 0.548. The topological polar surface area (TPSA) is 69.3 Å². The zero-order valence-electron chi connectivity index (χ0n) is 13.5. The van der Waals surface area contributed by atoms with Gasteiger partial charge in [0, 0.05) is 33.4 Å². The first-order valence-corrected chi connectivity index (χ1v) is 6.92. The van der Waals surface area contributed by atoms with Crippen LogP contribution in [0.4, 0.5) is 10.5 Å². The van der Waals surface area contributed by atoms with Crippen molar-refractivity contribution in [2.24, 2.45) is 0 Å². The molecule has 1 N–H and O–H groups in total. The predicted octanol–water partition coefficient (Wildman–Crippen LogP) is 1.83. The van der Waals surface area contributed by atoms with Crippen molar-refractivity contribution in [3.05, 3.63) is 18.2 Å². The molecule has 7 heteroatoms. The molecule has 0 aliphatic heterocycles. The van der Waals surface area contributed by atoms with Crippen LogP contribution in [0.1, 0.15) is 0 Å². The normalized spacial score (nSPS) is 10.2. The van der Waals surface area contributed by atoms with Crippen LogP contribution in [0.15, 0.2) is 18.2 Å². The number of hydrogen-bond acceptors (Lipinski definition) is 5. The summed E-state index contributed by atoms with van der Waals surface area (Å²) < 4.78 is 20.5. The molecule has 1 rings (SSSR count). The molecule has 124 valence electrons. The van der Waals surface area contributed by atoms with E-state index in [2.05, 4.69) is 5.32 Å². The second kappa shape index (κ2) is 9.86. The molecule has 0 heterocycles. The summed E-state index contributed by atoms with van der Waals surface area (Å²) in [6.07, 6.45) is 0. The van der Waals surface area contributed by atoms with Crippen molar-refractivity contribution in [1.29, 1.82) is 0 Å². The lowest BCUT2D eigenvalue weighted by molar-refractivity contribution is 0.127. The Morgan fingerprint density at radius 3 is 2.18 bits per heavy atom. The van der Waals surface area contributed by atoms with Crippen LogP contribution < -0.4 is 14.8 Å². The van der Waals surface area contributed by atoms with Gasteiger partial charge in [-0.25, -0.2) is 4.79 Å². The number of amides is 2. The molecule has 2 amide bonds. The SMILES string of the molecule is COCCN(CCOC)C(=O)Nc1cc(OC)ccc1OC. The van der Waals surface area contributed by atoms with Gasteiger partial charge in [-0.3, -0.25) is 0 Å². The molecule has 1 aromatic rings. The number of nitrogens with one attached hydrogen (secondary N) is 1. The second-order valence-corrected chi connectivity index (χ2v) is 4.47. The molecule has 0 saturated heterocycles. The molecule has 0 fully saturated rings. The average molecular weight is 312 g/mol. The third-order valence-corrected chi connectivity index (χ3v) is 3.07. The van der Waals surface area contributed by atoms with Crippen LogP contribution in [0.5, 0.6) is 11.5 Å². The Bertz CT molecular complexity index is 459. The second-order valence-electron chi connectivity index (χ2n) is 4.47. The van der Waals surface area contributed by atoms with Gasteiger partial charge in [0.1, 0.15) is 11.5 Å². The molecular formula is C15H24N2O5. The minimum atomic E-state index is -0.249. The number of carbonyl (C=O) groups excluding carboxylic acids is 1. The zero-order valence-corrected chi connectivity index (χ0v) is 13.5. The monoisotopic (exact) mass is 312 g/mol. The smallest absolute Gasteiger partial charge is 0.322 e. The average Bonchev–Trinajstić information content (AvgIpc) is 2.54. The summed E-state index contributed by atoms with van der Waals surface area (Å²) in [6.45, 7) is 1.84. The lowest BCUT2D eigenvalue weighted by Crippen LogP contribution is -2.39. The molecule has 0 aromatic heterocycles. The zero-order chi connectivity index (χ0) is 16.4. The number of hydrogen-bond donors (Lipinski definition) is 1. The minimum absolute atomic E-state index is 0.249. The highest BCUT2D eigenvalue weighted by atomic mass is 16.5. The Labute approximate surface area is 131 Å². The number of nitrogens with zero attached hydrogens (tertiary/aromatic N) is 1. The number of anilines is 1. The van der Waals surface area contributed by atoms with Gasteiger partial charge in [-0.15, -0.1) is 0 Å². The summed E-state index contributed by atoms with van der Waals surface area (Å²) in [7, 11) is 6.30. The van der Waals surface area contributed by atoms with Crippen molar-refractivity contribution in [2.45, 2.75) is 0 Å². The van der Waals surface area contributed by atoms with Crippen LogP contribution in [0.2, 0.25) is 0 Å². The minimum Gasteiger partial charge on any atom is -0.497 e. The van der Waals surface area contributed by atoms with Gasteiger partial charge in [-0.2, -0.15) is 0 Å². The van der Waals surface area contributed by atoms with Gasteiger partial charge in [0.25, 0.3) is 0 Å². The number of rotatable bonds is 9. The highest BCUT2D eigenvalue weighted by molar-refractivity contribution is 5.91. The van der Waals surface area contributed by atoms with Gasteiger partial charge < -0.3 is 29.2 Å². The number of ether oxygens (including phenoxy) is 4. The van der Waals surface area contributed by atoms with Crippen molar-refractivity contribution >= 4 is 11.7 Å². The maximum atomic E-state index is 12.4.